The van der Waals surface area contributed by atoms with Crippen LogP contribution in [-0.2, 0) is 6.42 Å². The number of amides is 1. The molecule has 1 saturated heterocycles. The maximum atomic E-state index is 12.4. The summed E-state index contributed by atoms with van der Waals surface area (Å²) in [5.74, 6) is 0.545. The molecule has 4 nitrogen and oxygen atoms in total. The number of hydrogen-bond acceptors (Lipinski definition) is 3. The number of nitrogens with one attached hydrogen (secondary N) is 2. The van der Waals surface area contributed by atoms with Crippen LogP contribution >= 0.6 is 0 Å². The van der Waals surface area contributed by atoms with Crippen molar-refractivity contribution in [1.29, 1.82) is 0 Å². The van der Waals surface area contributed by atoms with E-state index in [0.717, 1.165) is 37.0 Å². The summed E-state index contributed by atoms with van der Waals surface area (Å²) in [6.45, 7) is 4.82. The molecule has 0 radical (unpaired) electrons. The first-order valence-corrected chi connectivity index (χ1v) is 7.14. The molecule has 1 fully saturated rings. The van der Waals surface area contributed by atoms with Crippen LogP contribution in [-0.4, -0.2) is 30.5 Å². The van der Waals surface area contributed by atoms with Gasteiger partial charge in [0.25, 0.3) is 5.91 Å². The van der Waals surface area contributed by atoms with E-state index < -0.39 is 0 Å². The van der Waals surface area contributed by atoms with E-state index in [1.54, 1.807) is 6.20 Å². The van der Waals surface area contributed by atoms with E-state index in [1.807, 2.05) is 18.2 Å². The maximum Gasteiger partial charge on any atom is 0.253 e. The summed E-state index contributed by atoms with van der Waals surface area (Å²) in [6.07, 6.45) is 2.65. The summed E-state index contributed by atoms with van der Waals surface area (Å²) < 4.78 is 0. The van der Waals surface area contributed by atoms with Gasteiger partial charge in [0, 0.05) is 37.1 Å². The predicted molar refractivity (Wildman–Crippen MR) is 79.8 cm³/mol. The molecule has 1 aliphatic rings. The minimum Gasteiger partial charge on any atom is -0.352 e. The fraction of sp³-hybridized carbons (Fsp3) is 0.375. The molecule has 104 valence electrons. The van der Waals surface area contributed by atoms with Gasteiger partial charge in [-0.1, -0.05) is 13.0 Å². The van der Waals surface area contributed by atoms with Crippen molar-refractivity contribution in [2.24, 2.45) is 5.92 Å². The topological polar surface area (TPSA) is 54.0 Å². The van der Waals surface area contributed by atoms with Crippen molar-refractivity contribution in [1.82, 2.24) is 15.6 Å². The third-order valence-electron chi connectivity index (χ3n) is 3.83. The minimum absolute atomic E-state index is 0.0177. The average molecular weight is 269 g/mol. The summed E-state index contributed by atoms with van der Waals surface area (Å²) >= 11 is 0. The number of hydrogen-bond donors (Lipinski definition) is 2. The van der Waals surface area contributed by atoms with E-state index in [4.69, 9.17) is 0 Å². The van der Waals surface area contributed by atoms with Crippen molar-refractivity contribution in [2.75, 3.05) is 19.6 Å². The number of nitrogens with zero attached hydrogens (tertiary/aromatic N) is 1. The van der Waals surface area contributed by atoms with Crippen LogP contribution in [0, 0.1) is 5.92 Å². The number of benzene rings is 1. The number of rotatable bonds is 4. The summed E-state index contributed by atoms with van der Waals surface area (Å²) in [6, 6.07) is 7.98. The molecular weight excluding hydrogens is 250 g/mol. The zero-order valence-corrected chi connectivity index (χ0v) is 11.6. The summed E-state index contributed by atoms with van der Waals surface area (Å²) in [4.78, 5) is 16.8. The molecule has 0 atom stereocenters. The quantitative estimate of drug-likeness (QED) is 0.889. The molecular formula is C16H19N3O. The molecule has 0 unspecified atom stereocenters. The predicted octanol–water partition coefficient (Wildman–Crippen LogP) is 1.75. The first-order valence-electron chi connectivity index (χ1n) is 7.14. The third-order valence-corrected chi connectivity index (χ3v) is 3.83. The molecule has 1 aliphatic heterocycles. The maximum absolute atomic E-state index is 12.4. The summed E-state index contributed by atoms with van der Waals surface area (Å²) in [5.41, 5.74) is 2.64. The molecule has 20 heavy (non-hydrogen) atoms. The molecule has 2 N–H and O–H groups in total. The molecule has 1 aromatic carbocycles. The largest absolute Gasteiger partial charge is 0.352 e. The van der Waals surface area contributed by atoms with Crippen molar-refractivity contribution in [2.45, 2.75) is 13.3 Å². The molecule has 1 amide bonds. The zero-order chi connectivity index (χ0) is 13.9. The van der Waals surface area contributed by atoms with Gasteiger partial charge in [0.1, 0.15) is 0 Å². The second kappa shape index (κ2) is 5.59. The lowest BCUT2D eigenvalue weighted by molar-refractivity contribution is 0.0943. The van der Waals surface area contributed by atoms with E-state index in [1.165, 1.54) is 5.56 Å². The summed E-state index contributed by atoms with van der Waals surface area (Å²) in [5, 5.41) is 7.26. The van der Waals surface area contributed by atoms with Gasteiger partial charge in [-0.3, -0.25) is 9.78 Å². The van der Waals surface area contributed by atoms with Crippen LogP contribution in [0.15, 0.2) is 30.5 Å². The average Bonchev–Trinajstić information content (AvgIpc) is 2.44. The molecule has 3 rings (SSSR count). The Balaban J connectivity index is 1.89. The van der Waals surface area contributed by atoms with Crippen LogP contribution in [0.1, 0.15) is 22.8 Å². The lowest BCUT2D eigenvalue weighted by atomic mass is 10.0. The van der Waals surface area contributed by atoms with Crippen LogP contribution in [0.3, 0.4) is 0 Å². The van der Waals surface area contributed by atoms with Gasteiger partial charge < -0.3 is 10.6 Å². The standard InChI is InChI=1S/C16H19N3O/c1-2-11-6-13-4-3-5-18-15(13)14(7-11)16(20)19-10-12-8-17-9-12/h3-7,12,17H,2,8-10H2,1H3,(H,19,20). The lowest BCUT2D eigenvalue weighted by Gasteiger charge is -2.27. The molecule has 0 aliphatic carbocycles. The molecule has 0 spiro atoms. The molecule has 2 aromatic rings. The van der Waals surface area contributed by atoms with Gasteiger partial charge in [-0.15, -0.1) is 0 Å². The Labute approximate surface area is 118 Å². The van der Waals surface area contributed by atoms with E-state index in [0.29, 0.717) is 11.5 Å². The Kier molecular flexibility index (Phi) is 3.65. The molecule has 0 bridgehead atoms. The normalized spacial score (nSPS) is 15.1. The van der Waals surface area contributed by atoms with Crippen molar-refractivity contribution >= 4 is 16.8 Å². The highest BCUT2D eigenvalue weighted by Crippen LogP contribution is 2.19. The Morgan fingerprint density at radius 1 is 1.45 bits per heavy atom. The van der Waals surface area contributed by atoms with Crippen molar-refractivity contribution < 1.29 is 4.79 Å². The number of pyridine rings is 1. The zero-order valence-electron chi connectivity index (χ0n) is 11.6. The lowest BCUT2D eigenvalue weighted by Crippen LogP contribution is -2.48. The van der Waals surface area contributed by atoms with Crippen LogP contribution in [0.5, 0.6) is 0 Å². The van der Waals surface area contributed by atoms with Gasteiger partial charge in [0.2, 0.25) is 0 Å². The Hall–Kier alpha value is -1.94. The number of carbonyl (C=O) groups excluding carboxylic acids is 1. The fourth-order valence-electron chi connectivity index (χ4n) is 2.46. The van der Waals surface area contributed by atoms with E-state index in [9.17, 15) is 4.79 Å². The van der Waals surface area contributed by atoms with Gasteiger partial charge in [0.15, 0.2) is 0 Å². The number of aromatic nitrogens is 1. The van der Waals surface area contributed by atoms with Crippen LogP contribution in [0.2, 0.25) is 0 Å². The van der Waals surface area contributed by atoms with Crippen molar-refractivity contribution in [3.8, 4) is 0 Å². The Bertz CT molecular complexity index is 635. The first kappa shape index (κ1) is 13.1. The monoisotopic (exact) mass is 269 g/mol. The minimum atomic E-state index is -0.0177. The smallest absolute Gasteiger partial charge is 0.253 e. The van der Waals surface area contributed by atoms with Gasteiger partial charge in [-0.2, -0.15) is 0 Å². The number of carbonyl (C=O) groups is 1. The van der Waals surface area contributed by atoms with Crippen LogP contribution in [0.25, 0.3) is 10.9 Å². The molecule has 0 saturated carbocycles. The highest BCUT2D eigenvalue weighted by Gasteiger charge is 2.19. The molecule has 1 aromatic heterocycles. The van der Waals surface area contributed by atoms with Crippen LogP contribution in [0.4, 0.5) is 0 Å². The Morgan fingerprint density at radius 3 is 3.00 bits per heavy atom. The van der Waals surface area contributed by atoms with Gasteiger partial charge in [-0.25, -0.2) is 0 Å². The second-order valence-corrected chi connectivity index (χ2v) is 5.31. The second-order valence-electron chi connectivity index (χ2n) is 5.31. The Morgan fingerprint density at radius 2 is 2.30 bits per heavy atom. The third kappa shape index (κ3) is 2.51. The van der Waals surface area contributed by atoms with Crippen molar-refractivity contribution in [3.05, 3.63) is 41.6 Å². The highest BCUT2D eigenvalue weighted by atomic mass is 16.1. The number of fused-ring (bicyclic) bond motifs is 1. The van der Waals surface area contributed by atoms with Crippen LogP contribution < -0.4 is 10.6 Å². The number of aryl methyl sites for hydroxylation is 1. The summed E-state index contributed by atoms with van der Waals surface area (Å²) in [7, 11) is 0. The first-order chi connectivity index (χ1) is 9.78. The van der Waals surface area contributed by atoms with Gasteiger partial charge >= 0.3 is 0 Å². The van der Waals surface area contributed by atoms with Gasteiger partial charge in [-0.05, 0) is 30.2 Å². The fourth-order valence-corrected chi connectivity index (χ4v) is 2.46. The van der Waals surface area contributed by atoms with Gasteiger partial charge in [0.05, 0.1) is 11.1 Å². The van der Waals surface area contributed by atoms with E-state index in [2.05, 4.69) is 28.6 Å². The molecule has 2 heterocycles. The SMILES string of the molecule is CCc1cc(C(=O)NCC2CNC2)c2ncccc2c1. The highest BCUT2D eigenvalue weighted by molar-refractivity contribution is 6.05. The van der Waals surface area contributed by atoms with E-state index >= 15 is 0 Å². The van der Waals surface area contributed by atoms with E-state index in [-0.39, 0.29) is 5.91 Å². The molecule has 4 heteroatoms. The van der Waals surface area contributed by atoms with Crippen molar-refractivity contribution in [3.63, 3.8) is 0 Å².